The van der Waals surface area contributed by atoms with E-state index < -0.39 is 11.4 Å². The number of carboxylic acid groups (broad SMARTS) is 1. The Morgan fingerprint density at radius 3 is 2.21 bits per heavy atom. The van der Waals surface area contributed by atoms with Crippen molar-refractivity contribution in [1.29, 1.82) is 0 Å². The first-order valence-electron chi connectivity index (χ1n) is 4.78. The molecule has 0 radical (unpaired) electrons. The maximum Gasteiger partial charge on any atom is 0.305 e. The minimum atomic E-state index is -0.876. The second kappa shape index (κ2) is 4.98. The van der Waals surface area contributed by atoms with Crippen molar-refractivity contribution in [1.82, 2.24) is 4.90 Å². The fraction of sp³-hybridized carbons (Fsp3) is 0.800. The van der Waals surface area contributed by atoms with Crippen molar-refractivity contribution in [2.75, 3.05) is 13.6 Å². The number of hydrogen-bond donors (Lipinski definition) is 1. The molecule has 0 fully saturated rings. The third kappa shape index (κ3) is 3.77. The van der Waals surface area contributed by atoms with E-state index in [1.54, 1.807) is 7.05 Å². The highest BCUT2D eigenvalue weighted by atomic mass is 16.4. The first-order valence-corrected chi connectivity index (χ1v) is 4.78. The largest absolute Gasteiger partial charge is 0.481 e. The van der Waals surface area contributed by atoms with Gasteiger partial charge in [0.25, 0.3) is 0 Å². The van der Waals surface area contributed by atoms with E-state index in [0.29, 0.717) is 0 Å². The van der Waals surface area contributed by atoms with E-state index in [1.807, 2.05) is 20.8 Å². The van der Waals surface area contributed by atoms with Crippen LogP contribution in [0.5, 0.6) is 0 Å². The molecule has 1 N–H and O–H groups in total. The summed E-state index contributed by atoms with van der Waals surface area (Å²) in [6.07, 6.45) is 0.755. The molecule has 0 spiro atoms. The van der Waals surface area contributed by atoms with Crippen molar-refractivity contribution in [2.24, 2.45) is 5.41 Å². The zero-order valence-corrected chi connectivity index (χ0v) is 9.33. The molecule has 0 aromatic heterocycles. The number of carbonyl (C=O) groups is 2. The minimum Gasteiger partial charge on any atom is -0.481 e. The van der Waals surface area contributed by atoms with Gasteiger partial charge in [0.05, 0.1) is 6.42 Å². The standard InChI is InChI=1S/C10H19NO3/c1-5-10(2,3)9(14)11(4)7-6-8(12)13/h5-7H2,1-4H3,(H,12,13). The van der Waals surface area contributed by atoms with Crippen molar-refractivity contribution in [3.05, 3.63) is 0 Å². The lowest BCUT2D eigenvalue weighted by molar-refractivity contribution is -0.141. The Morgan fingerprint density at radius 2 is 1.86 bits per heavy atom. The number of carbonyl (C=O) groups excluding carboxylic acids is 1. The van der Waals surface area contributed by atoms with Crippen LogP contribution >= 0.6 is 0 Å². The third-order valence-corrected chi connectivity index (χ3v) is 2.47. The van der Waals surface area contributed by atoms with Crippen LogP contribution in [0.3, 0.4) is 0 Å². The van der Waals surface area contributed by atoms with Crippen molar-refractivity contribution >= 4 is 11.9 Å². The van der Waals surface area contributed by atoms with Crippen LogP contribution in [-0.2, 0) is 9.59 Å². The van der Waals surface area contributed by atoms with Gasteiger partial charge < -0.3 is 10.0 Å². The lowest BCUT2D eigenvalue weighted by Crippen LogP contribution is -2.39. The van der Waals surface area contributed by atoms with Gasteiger partial charge in [0.15, 0.2) is 0 Å². The maximum atomic E-state index is 11.7. The van der Waals surface area contributed by atoms with E-state index in [-0.39, 0.29) is 18.9 Å². The predicted molar refractivity (Wildman–Crippen MR) is 54.0 cm³/mol. The lowest BCUT2D eigenvalue weighted by Gasteiger charge is -2.27. The Bertz CT molecular complexity index is 223. The summed E-state index contributed by atoms with van der Waals surface area (Å²) in [4.78, 5) is 23.5. The van der Waals surface area contributed by atoms with Crippen LogP contribution in [0, 0.1) is 5.41 Å². The van der Waals surface area contributed by atoms with Gasteiger partial charge in [-0.3, -0.25) is 9.59 Å². The molecule has 0 aromatic rings. The molecule has 1 amide bonds. The van der Waals surface area contributed by atoms with Gasteiger partial charge in [-0.25, -0.2) is 0 Å². The molecule has 0 unspecified atom stereocenters. The third-order valence-electron chi connectivity index (χ3n) is 2.47. The number of amides is 1. The highest BCUT2D eigenvalue weighted by Crippen LogP contribution is 2.22. The van der Waals surface area contributed by atoms with E-state index in [9.17, 15) is 9.59 Å². The highest BCUT2D eigenvalue weighted by molar-refractivity contribution is 5.82. The van der Waals surface area contributed by atoms with Crippen molar-refractivity contribution in [3.63, 3.8) is 0 Å². The summed E-state index contributed by atoms with van der Waals surface area (Å²) >= 11 is 0. The molecule has 0 aromatic carbocycles. The Kier molecular flexibility index (Phi) is 4.60. The molecule has 14 heavy (non-hydrogen) atoms. The molecule has 4 nitrogen and oxygen atoms in total. The van der Waals surface area contributed by atoms with Crippen molar-refractivity contribution in [2.45, 2.75) is 33.6 Å². The molecular weight excluding hydrogens is 182 g/mol. The van der Waals surface area contributed by atoms with Crippen LogP contribution in [0.1, 0.15) is 33.6 Å². The Morgan fingerprint density at radius 1 is 1.36 bits per heavy atom. The predicted octanol–water partition coefficient (Wildman–Crippen LogP) is 1.36. The normalized spacial score (nSPS) is 11.1. The zero-order valence-electron chi connectivity index (χ0n) is 9.33. The molecule has 0 aliphatic carbocycles. The van der Waals surface area contributed by atoms with Crippen LogP contribution in [-0.4, -0.2) is 35.5 Å². The quantitative estimate of drug-likeness (QED) is 0.730. The molecule has 0 bridgehead atoms. The van der Waals surface area contributed by atoms with E-state index >= 15 is 0 Å². The number of nitrogens with zero attached hydrogens (tertiary/aromatic N) is 1. The number of aliphatic carboxylic acids is 1. The molecule has 0 saturated carbocycles. The summed E-state index contributed by atoms with van der Waals surface area (Å²) in [6, 6.07) is 0. The number of rotatable bonds is 5. The van der Waals surface area contributed by atoms with E-state index in [0.717, 1.165) is 6.42 Å². The van der Waals surface area contributed by atoms with Gasteiger partial charge in [-0.1, -0.05) is 20.8 Å². The summed E-state index contributed by atoms with van der Waals surface area (Å²) in [5.74, 6) is -0.875. The number of hydrogen-bond acceptors (Lipinski definition) is 2. The van der Waals surface area contributed by atoms with Gasteiger partial charge in [0, 0.05) is 19.0 Å². The van der Waals surface area contributed by atoms with Gasteiger partial charge in [0.2, 0.25) is 5.91 Å². The van der Waals surface area contributed by atoms with Crippen LogP contribution in [0.25, 0.3) is 0 Å². The molecule has 0 aliphatic rings. The minimum absolute atomic E-state index is 0.00116. The number of carboxylic acids is 1. The molecule has 0 atom stereocenters. The van der Waals surface area contributed by atoms with Gasteiger partial charge >= 0.3 is 5.97 Å². The average molecular weight is 201 g/mol. The van der Waals surface area contributed by atoms with Crippen LogP contribution in [0.2, 0.25) is 0 Å². The molecule has 0 aliphatic heterocycles. The van der Waals surface area contributed by atoms with Gasteiger partial charge in [-0.05, 0) is 6.42 Å². The van der Waals surface area contributed by atoms with Gasteiger partial charge in [-0.2, -0.15) is 0 Å². The first kappa shape index (κ1) is 12.9. The van der Waals surface area contributed by atoms with Gasteiger partial charge in [-0.15, -0.1) is 0 Å². The van der Waals surface area contributed by atoms with E-state index in [1.165, 1.54) is 4.90 Å². The molecular formula is C10H19NO3. The van der Waals surface area contributed by atoms with Crippen LogP contribution in [0.15, 0.2) is 0 Å². The van der Waals surface area contributed by atoms with Crippen LogP contribution in [0.4, 0.5) is 0 Å². The smallest absolute Gasteiger partial charge is 0.305 e. The second-order valence-electron chi connectivity index (χ2n) is 4.11. The first-order chi connectivity index (χ1) is 6.31. The molecule has 0 rings (SSSR count). The zero-order chi connectivity index (χ0) is 11.4. The summed E-state index contributed by atoms with van der Waals surface area (Å²) < 4.78 is 0. The summed E-state index contributed by atoms with van der Waals surface area (Å²) in [6.45, 7) is 5.96. The van der Waals surface area contributed by atoms with E-state index in [2.05, 4.69) is 0 Å². The SMILES string of the molecule is CCC(C)(C)C(=O)N(C)CCC(=O)O. The summed E-state index contributed by atoms with van der Waals surface area (Å²) in [7, 11) is 1.64. The summed E-state index contributed by atoms with van der Waals surface area (Å²) in [5.41, 5.74) is -0.396. The Labute approximate surface area is 84.9 Å². The molecule has 82 valence electrons. The fourth-order valence-corrected chi connectivity index (χ4v) is 1.03. The lowest BCUT2D eigenvalue weighted by atomic mass is 9.88. The summed E-state index contributed by atoms with van der Waals surface area (Å²) in [5, 5.41) is 8.47. The molecule has 0 saturated heterocycles. The van der Waals surface area contributed by atoms with Crippen molar-refractivity contribution in [3.8, 4) is 0 Å². The Hall–Kier alpha value is -1.06. The topological polar surface area (TPSA) is 57.6 Å². The Balaban J connectivity index is 4.19. The van der Waals surface area contributed by atoms with E-state index in [4.69, 9.17) is 5.11 Å². The van der Waals surface area contributed by atoms with Crippen molar-refractivity contribution < 1.29 is 14.7 Å². The molecule has 4 heteroatoms. The fourth-order valence-electron chi connectivity index (χ4n) is 1.03. The highest BCUT2D eigenvalue weighted by Gasteiger charge is 2.28. The second-order valence-corrected chi connectivity index (χ2v) is 4.11. The average Bonchev–Trinajstić information content (AvgIpc) is 2.12. The van der Waals surface area contributed by atoms with Gasteiger partial charge in [0.1, 0.15) is 0 Å². The maximum absolute atomic E-state index is 11.7. The monoisotopic (exact) mass is 201 g/mol. The molecule has 0 heterocycles. The van der Waals surface area contributed by atoms with Crippen LogP contribution < -0.4 is 0 Å².